The summed E-state index contributed by atoms with van der Waals surface area (Å²) < 4.78 is 40.5. The molecule has 3 heterocycles. The van der Waals surface area contributed by atoms with Gasteiger partial charge in [-0.15, -0.1) is 10.2 Å². The van der Waals surface area contributed by atoms with E-state index in [1.807, 2.05) is 43.3 Å². The minimum Gasteiger partial charge on any atom is -0.352 e. The van der Waals surface area contributed by atoms with Gasteiger partial charge >= 0.3 is 6.18 Å². The Morgan fingerprint density at radius 1 is 0.974 bits per heavy atom. The van der Waals surface area contributed by atoms with Crippen molar-refractivity contribution in [1.29, 1.82) is 0 Å². The molecule has 1 fully saturated rings. The lowest BCUT2D eigenvalue weighted by molar-refractivity contribution is -0.137. The number of nitrogens with one attached hydrogen (secondary N) is 1. The molecule has 196 valence electrons. The van der Waals surface area contributed by atoms with Crippen LogP contribution in [0.25, 0.3) is 22.5 Å². The largest absolute Gasteiger partial charge is 0.416 e. The van der Waals surface area contributed by atoms with Crippen molar-refractivity contribution in [1.82, 2.24) is 20.2 Å². The van der Waals surface area contributed by atoms with Gasteiger partial charge < -0.3 is 10.2 Å². The van der Waals surface area contributed by atoms with Crippen LogP contribution >= 0.6 is 0 Å². The Bertz CT molecular complexity index is 1390. The molecule has 1 saturated heterocycles. The molecule has 0 amide bonds. The number of aromatic nitrogens is 4. The molecule has 1 N–H and O–H groups in total. The summed E-state index contributed by atoms with van der Waals surface area (Å²) in [5.74, 6) is 1.10. The molecule has 2 aromatic carbocycles. The van der Waals surface area contributed by atoms with E-state index >= 15 is 0 Å². The standard InChI is InChI=1S/C29H29F3N6/c1-19-9-6-7-16-38(19)26-18-24(27(37-36-26)22-12-8-13-23(17-22)29(30,31)32)25-14-15-33-28(35-25)34-20(2)21-10-4-3-5-11-21/h3-5,8,10-15,17-20H,6-7,9,16H2,1-2H3,(H,33,34,35)/t19?,20-/m0/s1. The number of hydrogen-bond acceptors (Lipinski definition) is 6. The van der Waals surface area contributed by atoms with Crippen LogP contribution in [0.15, 0.2) is 72.9 Å². The summed E-state index contributed by atoms with van der Waals surface area (Å²) in [4.78, 5) is 11.3. The van der Waals surface area contributed by atoms with Gasteiger partial charge in [0.2, 0.25) is 5.95 Å². The molecular weight excluding hydrogens is 489 g/mol. The number of alkyl halides is 3. The molecule has 0 saturated carbocycles. The van der Waals surface area contributed by atoms with Crippen LogP contribution in [0.2, 0.25) is 0 Å². The monoisotopic (exact) mass is 518 g/mol. The first-order valence-electron chi connectivity index (χ1n) is 12.8. The molecule has 2 aromatic heterocycles. The van der Waals surface area contributed by atoms with E-state index in [-0.39, 0.29) is 6.04 Å². The second-order valence-electron chi connectivity index (χ2n) is 9.62. The van der Waals surface area contributed by atoms with Gasteiger partial charge in [0.25, 0.3) is 0 Å². The lowest BCUT2D eigenvalue weighted by atomic mass is 10.0. The molecule has 9 heteroatoms. The molecule has 0 aliphatic carbocycles. The molecule has 0 spiro atoms. The van der Waals surface area contributed by atoms with Crippen molar-refractivity contribution in [2.45, 2.75) is 51.4 Å². The van der Waals surface area contributed by atoms with Crippen molar-refractivity contribution >= 4 is 11.8 Å². The molecule has 4 aromatic rings. The predicted octanol–water partition coefficient (Wildman–Crippen LogP) is 7.17. The summed E-state index contributed by atoms with van der Waals surface area (Å²) in [7, 11) is 0. The van der Waals surface area contributed by atoms with Gasteiger partial charge in [0.15, 0.2) is 5.82 Å². The van der Waals surface area contributed by atoms with Gasteiger partial charge in [0.1, 0.15) is 5.69 Å². The minimum atomic E-state index is -4.47. The number of halogens is 3. The second-order valence-corrected chi connectivity index (χ2v) is 9.62. The van der Waals surface area contributed by atoms with Gasteiger partial charge in [-0.2, -0.15) is 13.2 Å². The first-order valence-corrected chi connectivity index (χ1v) is 12.8. The summed E-state index contributed by atoms with van der Waals surface area (Å²) in [5, 5.41) is 12.2. The topological polar surface area (TPSA) is 66.8 Å². The van der Waals surface area contributed by atoms with E-state index in [0.717, 1.165) is 43.5 Å². The third-order valence-electron chi connectivity index (χ3n) is 6.92. The van der Waals surface area contributed by atoms with E-state index in [9.17, 15) is 13.2 Å². The number of hydrogen-bond donors (Lipinski definition) is 1. The summed E-state index contributed by atoms with van der Waals surface area (Å²) in [6, 6.07) is 19.0. The molecule has 0 radical (unpaired) electrons. The van der Waals surface area contributed by atoms with Gasteiger partial charge in [-0.25, -0.2) is 9.97 Å². The molecule has 38 heavy (non-hydrogen) atoms. The Kier molecular flexibility index (Phi) is 7.26. The minimum absolute atomic E-state index is 0.0466. The lowest BCUT2D eigenvalue weighted by Gasteiger charge is -2.34. The highest BCUT2D eigenvalue weighted by molar-refractivity contribution is 5.81. The average Bonchev–Trinajstić information content (AvgIpc) is 2.93. The van der Waals surface area contributed by atoms with Crippen molar-refractivity contribution in [2.24, 2.45) is 0 Å². The second kappa shape index (κ2) is 10.8. The number of piperidine rings is 1. The smallest absolute Gasteiger partial charge is 0.352 e. The highest BCUT2D eigenvalue weighted by Gasteiger charge is 2.31. The van der Waals surface area contributed by atoms with Gasteiger partial charge in [0, 0.05) is 29.9 Å². The fraction of sp³-hybridized carbons (Fsp3) is 0.310. The van der Waals surface area contributed by atoms with E-state index in [2.05, 4.69) is 32.3 Å². The van der Waals surface area contributed by atoms with Crippen molar-refractivity contribution in [3.05, 3.63) is 84.1 Å². The fourth-order valence-electron chi connectivity index (χ4n) is 4.81. The first kappa shape index (κ1) is 25.6. The Morgan fingerprint density at radius 2 is 1.79 bits per heavy atom. The maximum Gasteiger partial charge on any atom is 0.416 e. The maximum atomic E-state index is 13.5. The van der Waals surface area contributed by atoms with Crippen molar-refractivity contribution in [2.75, 3.05) is 16.8 Å². The van der Waals surface area contributed by atoms with E-state index < -0.39 is 11.7 Å². The van der Waals surface area contributed by atoms with E-state index in [0.29, 0.717) is 40.3 Å². The van der Waals surface area contributed by atoms with Crippen LogP contribution in [0, 0.1) is 0 Å². The van der Waals surface area contributed by atoms with Crippen LogP contribution < -0.4 is 10.2 Å². The van der Waals surface area contributed by atoms with Crippen LogP contribution in [0.5, 0.6) is 0 Å². The zero-order valence-electron chi connectivity index (χ0n) is 21.3. The number of benzene rings is 2. The summed E-state index contributed by atoms with van der Waals surface area (Å²) in [5.41, 5.74) is 2.16. The molecule has 1 aliphatic heterocycles. The fourth-order valence-corrected chi connectivity index (χ4v) is 4.81. The van der Waals surface area contributed by atoms with Crippen LogP contribution in [0.4, 0.5) is 24.9 Å². The van der Waals surface area contributed by atoms with Gasteiger partial charge in [-0.1, -0.05) is 42.5 Å². The van der Waals surface area contributed by atoms with Crippen LogP contribution in [0.1, 0.15) is 50.3 Å². The molecule has 5 rings (SSSR count). The maximum absolute atomic E-state index is 13.5. The van der Waals surface area contributed by atoms with E-state index in [1.165, 1.54) is 6.07 Å². The highest BCUT2D eigenvalue weighted by Crippen LogP contribution is 2.36. The molecular formula is C29H29F3N6. The van der Waals surface area contributed by atoms with E-state index in [1.54, 1.807) is 18.3 Å². The molecule has 1 unspecified atom stereocenters. The number of nitrogens with zero attached hydrogens (tertiary/aromatic N) is 5. The Hall–Kier alpha value is -4.01. The van der Waals surface area contributed by atoms with E-state index in [4.69, 9.17) is 4.98 Å². The molecule has 2 atom stereocenters. The van der Waals surface area contributed by atoms with Gasteiger partial charge in [-0.05, 0) is 62.9 Å². The Balaban J connectivity index is 1.57. The van der Waals surface area contributed by atoms with Crippen molar-refractivity contribution < 1.29 is 13.2 Å². The quantitative estimate of drug-likeness (QED) is 0.292. The zero-order valence-corrected chi connectivity index (χ0v) is 21.3. The first-order chi connectivity index (χ1) is 18.3. The van der Waals surface area contributed by atoms with Crippen LogP contribution in [-0.2, 0) is 6.18 Å². The average molecular weight is 519 g/mol. The van der Waals surface area contributed by atoms with Gasteiger partial charge in [-0.3, -0.25) is 0 Å². The third-order valence-corrected chi connectivity index (χ3v) is 6.92. The third kappa shape index (κ3) is 5.61. The van der Waals surface area contributed by atoms with Crippen molar-refractivity contribution in [3.8, 4) is 22.5 Å². The molecule has 0 bridgehead atoms. The summed E-state index contributed by atoms with van der Waals surface area (Å²) in [6.45, 7) is 5.02. The zero-order chi connectivity index (χ0) is 26.7. The normalized spacial score (nSPS) is 16.8. The SMILES string of the molecule is CC1CCCCN1c1cc(-c2ccnc(N[C@@H](C)c3ccccc3)n2)c(-c2cccc(C(F)(F)F)c2)nn1. The van der Waals surface area contributed by atoms with Crippen LogP contribution in [0.3, 0.4) is 0 Å². The molecule has 6 nitrogen and oxygen atoms in total. The Morgan fingerprint density at radius 3 is 2.55 bits per heavy atom. The van der Waals surface area contributed by atoms with Gasteiger partial charge in [0.05, 0.1) is 17.3 Å². The summed E-state index contributed by atoms with van der Waals surface area (Å²) >= 11 is 0. The molecule has 1 aliphatic rings. The van der Waals surface area contributed by atoms with Crippen molar-refractivity contribution in [3.63, 3.8) is 0 Å². The lowest BCUT2D eigenvalue weighted by Crippen LogP contribution is -2.38. The number of rotatable bonds is 6. The number of anilines is 2. The Labute approximate surface area is 220 Å². The summed E-state index contributed by atoms with van der Waals surface area (Å²) in [6.07, 6.45) is 0.427. The van der Waals surface area contributed by atoms with Crippen LogP contribution in [-0.4, -0.2) is 32.8 Å². The predicted molar refractivity (Wildman–Crippen MR) is 143 cm³/mol. The highest BCUT2D eigenvalue weighted by atomic mass is 19.4.